The van der Waals surface area contributed by atoms with Gasteiger partial charge in [0.2, 0.25) is 0 Å². The summed E-state index contributed by atoms with van der Waals surface area (Å²) in [7, 11) is 0. The molecule has 2 aromatic carbocycles. The third-order valence-corrected chi connectivity index (χ3v) is 5.88. The summed E-state index contributed by atoms with van der Waals surface area (Å²) in [4.78, 5) is 15.4. The van der Waals surface area contributed by atoms with E-state index in [2.05, 4.69) is 22.3 Å². The van der Waals surface area contributed by atoms with Gasteiger partial charge in [-0.3, -0.25) is 4.79 Å². The minimum absolute atomic E-state index is 0.00465. The van der Waals surface area contributed by atoms with Gasteiger partial charge in [-0.05, 0) is 49.5 Å². The Morgan fingerprint density at radius 3 is 2.64 bits per heavy atom. The number of carbonyl (C=O) groups excluding carboxylic acids is 1. The first-order valence-corrected chi connectivity index (χ1v) is 9.19. The van der Waals surface area contributed by atoms with Crippen LogP contribution in [0.25, 0.3) is 0 Å². The van der Waals surface area contributed by atoms with E-state index in [-0.39, 0.29) is 11.9 Å². The zero-order valence-corrected chi connectivity index (χ0v) is 14.2. The second kappa shape index (κ2) is 5.88. The normalized spacial score (nSPS) is 26.3. The molecule has 0 saturated carbocycles. The highest BCUT2D eigenvalue weighted by Gasteiger charge is 2.35. The first kappa shape index (κ1) is 15.0. The Morgan fingerprint density at radius 1 is 1.04 bits per heavy atom. The number of ether oxygens (including phenoxy) is 1. The first-order valence-electron chi connectivity index (χ1n) is 9.19. The van der Waals surface area contributed by atoms with Crippen LogP contribution >= 0.6 is 0 Å². The molecule has 0 aromatic heterocycles. The number of carbonyl (C=O) groups is 1. The van der Waals surface area contributed by atoms with E-state index >= 15 is 0 Å². The van der Waals surface area contributed by atoms with Crippen molar-refractivity contribution in [2.24, 2.45) is 5.92 Å². The Labute approximate surface area is 147 Å². The molecule has 0 unspecified atom stereocenters. The molecule has 1 N–H and O–H groups in total. The first-order chi connectivity index (χ1) is 12.3. The summed E-state index contributed by atoms with van der Waals surface area (Å²) < 4.78 is 6.11. The summed E-state index contributed by atoms with van der Waals surface area (Å²) in [5, 5.41) is 3.28. The van der Waals surface area contributed by atoms with Crippen LogP contribution in [0.3, 0.4) is 0 Å². The average molecular weight is 334 g/mol. The fourth-order valence-electron chi connectivity index (χ4n) is 4.46. The van der Waals surface area contributed by atoms with E-state index in [0.29, 0.717) is 11.5 Å². The van der Waals surface area contributed by atoms with E-state index in [9.17, 15) is 4.79 Å². The van der Waals surface area contributed by atoms with Crippen LogP contribution in [0.2, 0.25) is 0 Å². The van der Waals surface area contributed by atoms with Gasteiger partial charge in [-0.1, -0.05) is 30.3 Å². The number of benzene rings is 2. The van der Waals surface area contributed by atoms with E-state index < -0.39 is 0 Å². The lowest BCUT2D eigenvalue weighted by atomic mass is 9.84. The van der Waals surface area contributed by atoms with Crippen molar-refractivity contribution in [3.8, 4) is 11.5 Å². The number of fused-ring (bicyclic) bond motifs is 5. The Kier molecular flexibility index (Phi) is 3.52. The third kappa shape index (κ3) is 2.61. The van der Waals surface area contributed by atoms with Gasteiger partial charge >= 0.3 is 0 Å². The lowest BCUT2D eigenvalue weighted by Gasteiger charge is -2.45. The fraction of sp³-hybridized carbons (Fsp3) is 0.381. The predicted octanol–water partition coefficient (Wildman–Crippen LogP) is 3.21. The van der Waals surface area contributed by atoms with Crippen LogP contribution in [0.4, 0.5) is 0 Å². The summed E-state index contributed by atoms with van der Waals surface area (Å²) in [6, 6.07) is 14.2. The maximum atomic E-state index is 13.0. The molecule has 4 nitrogen and oxygen atoms in total. The molecule has 3 saturated heterocycles. The molecule has 3 fully saturated rings. The topological polar surface area (TPSA) is 41.6 Å². The van der Waals surface area contributed by atoms with Crippen molar-refractivity contribution in [2.45, 2.75) is 25.3 Å². The van der Waals surface area contributed by atoms with Gasteiger partial charge in [0.15, 0.2) is 0 Å². The van der Waals surface area contributed by atoms with Crippen molar-refractivity contribution in [3.05, 3.63) is 59.2 Å². The maximum absolute atomic E-state index is 13.0. The zero-order valence-electron chi connectivity index (χ0n) is 14.2. The number of hydrogen-bond acceptors (Lipinski definition) is 3. The average Bonchev–Trinajstić information content (AvgIpc) is 2.66. The number of hydrogen-bond donors (Lipinski definition) is 1. The van der Waals surface area contributed by atoms with Crippen LogP contribution < -0.4 is 10.1 Å². The lowest BCUT2D eigenvalue weighted by Crippen LogP contribution is -2.57. The van der Waals surface area contributed by atoms with Crippen LogP contribution in [0.5, 0.6) is 11.5 Å². The summed E-state index contributed by atoms with van der Waals surface area (Å²) in [5.74, 6) is 2.20. The van der Waals surface area contributed by atoms with Crippen molar-refractivity contribution in [3.63, 3.8) is 0 Å². The summed E-state index contributed by atoms with van der Waals surface area (Å²) in [6.07, 6.45) is 3.20. The smallest absolute Gasteiger partial charge is 0.255 e. The SMILES string of the molecule is O=C(N[C@@H]1CN2CCC1CC2)c1cccc2c1Oc1ccccc1C2. The van der Waals surface area contributed by atoms with Crippen molar-refractivity contribution in [2.75, 3.05) is 19.6 Å². The third-order valence-electron chi connectivity index (χ3n) is 5.88. The van der Waals surface area contributed by atoms with Crippen molar-refractivity contribution in [1.29, 1.82) is 0 Å². The molecule has 0 aliphatic carbocycles. The fourth-order valence-corrected chi connectivity index (χ4v) is 4.46. The Morgan fingerprint density at radius 2 is 1.84 bits per heavy atom. The van der Waals surface area contributed by atoms with Crippen molar-refractivity contribution >= 4 is 5.91 Å². The molecule has 128 valence electrons. The van der Waals surface area contributed by atoms with Crippen LogP contribution in [0.1, 0.15) is 34.3 Å². The number of para-hydroxylation sites is 2. The van der Waals surface area contributed by atoms with E-state index in [0.717, 1.165) is 30.0 Å². The second-order valence-corrected chi connectivity index (χ2v) is 7.40. The van der Waals surface area contributed by atoms with Gasteiger partial charge in [0, 0.05) is 24.6 Å². The van der Waals surface area contributed by atoms with Gasteiger partial charge in [0.05, 0.1) is 5.56 Å². The van der Waals surface area contributed by atoms with Gasteiger partial charge in [0.25, 0.3) is 5.91 Å². The van der Waals surface area contributed by atoms with Crippen molar-refractivity contribution in [1.82, 2.24) is 10.2 Å². The quantitative estimate of drug-likeness (QED) is 0.782. The number of nitrogens with zero attached hydrogens (tertiary/aromatic N) is 1. The van der Waals surface area contributed by atoms with Crippen LogP contribution in [-0.2, 0) is 6.42 Å². The largest absolute Gasteiger partial charge is 0.456 e. The molecule has 0 radical (unpaired) electrons. The minimum atomic E-state index is -0.00465. The monoisotopic (exact) mass is 334 g/mol. The van der Waals surface area contributed by atoms with Gasteiger partial charge in [-0.2, -0.15) is 0 Å². The second-order valence-electron chi connectivity index (χ2n) is 7.40. The number of rotatable bonds is 2. The standard InChI is InChI=1S/C21H22N2O2/c24-21(22-18-13-23-10-8-14(18)9-11-23)17-6-3-5-16-12-15-4-1-2-7-19(15)25-20(16)17/h1-7,14,18H,8-13H2,(H,22,24)/t18-/m1/s1. The molecule has 2 aromatic rings. The number of piperidine rings is 3. The minimum Gasteiger partial charge on any atom is -0.456 e. The van der Waals surface area contributed by atoms with E-state index in [1.54, 1.807) is 0 Å². The lowest BCUT2D eigenvalue weighted by molar-refractivity contribution is 0.0619. The molecule has 0 spiro atoms. The van der Waals surface area contributed by atoms with Gasteiger partial charge in [-0.25, -0.2) is 0 Å². The predicted molar refractivity (Wildman–Crippen MR) is 96.2 cm³/mol. The Bertz CT molecular complexity index is 824. The van der Waals surface area contributed by atoms with Crippen molar-refractivity contribution < 1.29 is 9.53 Å². The molecule has 2 bridgehead atoms. The van der Waals surface area contributed by atoms with Gasteiger partial charge < -0.3 is 15.0 Å². The highest BCUT2D eigenvalue weighted by atomic mass is 16.5. The molecule has 4 heteroatoms. The summed E-state index contributed by atoms with van der Waals surface area (Å²) >= 11 is 0. The summed E-state index contributed by atoms with van der Waals surface area (Å²) in [5.41, 5.74) is 2.91. The number of amides is 1. The molecule has 4 aliphatic heterocycles. The molecule has 4 aliphatic rings. The highest BCUT2D eigenvalue weighted by Crippen LogP contribution is 2.38. The van der Waals surface area contributed by atoms with E-state index in [1.165, 1.54) is 31.5 Å². The van der Waals surface area contributed by atoms with Crippen LogP contribution in [-0.4, -0.2) is 36.5 Å². The number of nitrogens with one attached hydrogen (secondary N) is 1. The Balaban J connectivity index is 1.41. The van der Waals surface area contributed by atoms with Gasteiger partial charge in [0.1, 0.15) is 11.5 Å². The van der Waals surface area contributed by atoms with E-state index in [1.807, 2.05) is 30.3 Å². The molecular formula is C21H22N2O2. The van der Waals surface area contributed by atoms with Crippen LogP contribution in [0.15, 0.2) is 42.5 Å². The highest BCUT2D eigenvalue weighted by molar-refractivity contribution is 5.98. The summed E-state index contributed by atoms with van der Waals surface area (Å²) in [6.45, 7) is 3.34. The molecular weight excluding hydrogens is 312 g/mol. The molecule has 25 heavy (non-hydrogen) atoms. The molecule has 4 heterocycles. The van der Waals surface area contributed by atoms with Gasteiger partial charge in [-0.15, -0.1) is 0 Å². The molecule has 1 atom stereocenters. The molecule has 6 rings (SSSR count). The van der Waals surface area contributed by atoms with Crippen LogP contribution in [0, 0.1) is 5.92 Å². The Hall–Kier alpha value is -2.33. The van der Waals surface area contributed by atoms with E-state index in [4.69, 9.17) is 4.74 Å². The zero-order chi connectivity index (χ0) is 16.8. The molecule has 1 amide bonds. The maximum Gasteiger partial charge on any atom is 0.255 e.